The highest BCUT2D eigenvalue weighted by Gasteiger charge is 2.26. The lowest BCUT2D eigenvalue weighted by atomic mass is 10.1. The zero-order valence-corrected chi connectivity index (χ0v) is 11.4. The Morgan fingerprint density at radius 2 is 2.00 bits per heavy atom. The molecular weight excluding hydrogens is 316 g/mol. The Balaban J connectivity index is 2.36. The molecule has 0 aliphatic heterocycles. The highest BCUT2D eigenvalue weighted by molar-refractivity contribution is 6.30. The van der Waals surface area contributed by atoms with Gasteiger partial charge < -0.3 is 15.7 Å². The molecule has 4 nitrogen and oxygen atoms in total. The Kier molecular flexibility index (Phi) is 6.22. The number of carbonyl (C=O) groups is 1. The van der Waals surface area contributed by atoms with Gasteiger partial charge in [0.15, 0.2) is 0 Å². The van der Waals surface area contributed by atoms with E-state index in [0.717, 1.165) is 6.07 Å². The van der Waals surface area contributed by atoms with Gasteiger partial charge in [0, 0.05) is 13.1 Å². The Morgan fingerprint density at radius 1 is 1.33 bits per heavy atom. The van der Waals surface area contributed by atoms with Crippen molar-refractivity contribution in [2.45, 2.75) is 18.7 Å². The second-order valence-electron chi connectivity index (χ2n) is 4.19. The average Bonchev–Trinajstić information content (AvgIpc) is 2.37. The number of aliphatic hydroxyl groups excluding tert-OH is 1. The van der Waals surface area contributed by atoms with Crippen molar-refractivity contribution in [1.29, 1.82) is 0 Å². The minimum Gasteiger partial charge on any atom is -0.387 e. The number of urea groups is 1. The van der Waals surface area contributed by atoms with Crippen LogP contribution in [0.25, 0.3) is 0 Å². The first-order chi connectivity index (χ1) is 9.69. The van der Waals surface area contributed by atoms with Crippen molar-refractivity contribution in [1.82, 2.24) is 10.6 Å². The van der Waals surface area contributed by atoms with Crippen LogP contribution in [0.3, 0.4) is 0 Å². The first kappa shape index (κ1) is 17.5. The van der Waals surface area contributed by atoms with Gasteiger partial charge in [-0.3, -0.25) is 0 Å². The van der Waals surface area contributed by atoms with Crippen molar-refractivity contribution < 1.29 is 27.5 Å². The quantitative estimate of drug-likeness (QED) is 0.728. The van der Waals surface area contributed by atoms with Gasteiger partial charge in [-0.2, -0.15) is 13.2 Å². The lowest BCUT2D eigenvalue weighted by molar-refractivity contribution is -0.132. The number of rotatable bonds is 5. The molecule has 1 rings (SSSR count). The standard InChI is InChI=1S/C12H13ClF4N2O2/c13-8-2-1-7(5-9(8)14)10(20)6-19-11(21)18-4-3-12(15,16)17/h1-2,5,10,20H,3-4,6H2,(H2,18,19,21)/t10-/m0/s1. The summed E-state index contributed by atoms with van der Waals surface area (Å²) in [5.41, 5.74) is 0.187. The van der Waals surface area contributed by atoms with Gasteiger partial charge in [-0.1, -0.05) is 17.7 Å². The molecule has 2 amide bonds. The van der Waals surface area contributed by atoms with Crippen LogP contribution in [0.5, 0.6) is 0 Å². The third-order valence-corrected chi connectivity index (χ3v) is 2.78. The number of alkyl halides is 3. The lowest BCUT2D eigenvalue weighted by Crippen LogP contribution is -2.39. The van der Waals surface area contributed by atoms with Crippen LogP contribution in [0.15, 0.2) is 18.2 Å². The Bertz CT molecular complexity index is 497. The fourth-order valence-corrected chi connectivity index (χ4v) is 1.52. The molecular formula is C12H13ClF4N2O2. The van der Waals surface area contributed by atoms with Gasteiger partial charge in [-0.15, -0.1) is 0 Å². The number of amides is 2. The highest BCUT2D eigenvalue weighted by atomic mass is 35.5. The summed E-state index contributed by atoms with van der Waals surface area (Å²) >= 11 is 5.48. The van der Waals surface area contributed by atoms with E-state index < -0.39 is 37.1 Å². The number of benzene rings is 1. The van der Waals surface area contributed by atoms with Gasteiger partial charge in [0.2, 0.25) is 0 Å². The summed E-state index contributed by atoms with van der Waals surface area (Å²) in [5, 5.41) is 13.8. The van der Waals surface area contributed by atoms with Gasteiger partial charge in [0.1, 0.15) is 5.82 Å². The smallest absolute Gasteiger partial charge is 0.387 e. The minimum atomic E-state index is -4.35. The first-order valence-electron chi connectivity index (χ1n) is 5.90. The third-order valence-electron chi connectivity index (χ3n) is 2.48. The van der Waals surface area contributed by atoms with Crippen molar-refractivity contribution in [3.05, 3.63) is 34.6 Å². The van der Waals surface area contributed by atoms with Gasteiger partial charge in [-0.25, -0.2) is 9.18 Å². The average molecular weight is 329 g/mol. The molecule has 0 aliphatic carbocycles. The summed E-state index contributed by atoms with van der Waals surface area (Å²) in [6, 6.07) is 2.78. The summed E-state index contributed by atoms with van der Waals surface area (Å²) < 4.78 is 48.7. The van der Waals surface area contributed by atoms with E-state index in [1.165, 1.54) is 12.1 Å². The zero-order chi connectivity index (χ0) is 16.0. The maximum Gasteiger partial charge on any atom is 0.390 e. The number of halogens is 5. The number of nitrogens with one attached hydrogen (secondary N) is 2. The molecule has 0 heterocycles. The molecule has 9 heteroatoms. The summed E-state index contributed by atoms with van der Waals surface area (Å²) in [7, 11) is 0. The van der Waals surface area contributed by atoms with Crippen LogP contribution >= 0.6 is 11.6 Å². The van der Waals surface area contributed by atoms with Crippen LogP contribution in [0, 0.1) is 5.82 Å². The molecule has 1 atom stereocenters. The van der Waals surface area contributed by atoms with Gasteiger partial charge >= 0.3 is 12.2 Å². The molecule has 0 aliphatic rings. The molecule has 21 heavy (non-hydrogen) atoms. The first-order valence-corrected chi connectivity index (χ1v) is 6.28. The molecule has 0 bridgehead atoms. The molecule has 118 valence electrons. The molecule has 0 saturated carbocycles. The predicted octanol–water partition coefficient (Wildman–Crippen LogP) is 2.76. The molecule has 0 spiro atoms. The van der Waals surface area contributed by atoms with E-state index in [9.17, 15) is 27.5 Å². The second kappa shape index (κ2) is 7.46. The fraction of sp³-hybridized carbons (Fsp3) is 0.417. The molecule has 0 saturated heterocycles. The van der Waals surface area contributed by atoms with E-state index in [2.05, 4.69) is 5.32 Å². The Hall–Kier alpha value is -1.54. The Morgan fingerprint density at radius 3 is 2.57 bits per heavy atom. The Labute approximate surface area is 123 Å². The van der Waals surface area contributed by atoms with Crippen LogP contribution in [0.1, 0.15) is 18.1 Å². The highest BCUT2D eigenvalue weighted by Crippen LogP contribution is 2.20. The van der Waals surface area contributed by atoms with Crippen molar-refractivity contribution in [3.8, 4) is 0 Å². The molecule has 0 unspecified atom stereocenters. The largest absolute Gasteiger partial charge is 0.390 e. The summed E-state index contributed by atoms with van der Waals surface area (Å²) in [6.07, 6.45) is -6.70. The number of hydrogen-bond acceptors (Lipinski definition) is 2. The SMILES string of the molecule is O=C(NCCC(F)(F)F)NC[C@H](O)c1ccc(Cl)c(F)c1. The molecule has 0 radical (unpaired) electrons. The zero-order valence-electron chi connectivity index (χ0n) is 10.7. The molecule has 3 N–H and O–H groups in total. The molecule has 0 fully saturated rings. The van der Waals surface area contributed by atoms with Crippen molar-refractivity contribution in [2.24, 2.45) is 0 Å². The van der Waals surface area contributed by atoms with E-state index >= 15 is 0 Å². The van der Waals surface area contributed by atoms with Crippen LogP contribution in [-0.2, 0) is 0 Å². The van der Waals surface area contributed by atoms with E-state index in [0.29, 0.717) is 0 Å². The van der Waals surface area contributed by atoms with E-state index in [1.807, 2.05) is 5.32 Å². The minimum absolute atomic E-state index is 0.108. The molecule has 0 aromatic heterocycles. The maximum atomic E-state index is 13.2. The van der Waals surface area contributed by atoms with Crippen molar-refractivity contribution in [2.75, 3.05) is 13.1 Å². The van der Waals surface area contributed by atoms with Crippen LogP contribution in [-0.4, -0.2) is 30.4 Å². The summed E-state index contributed by atoms with van der Waals surface area (Å²) in [5.74, 6) is -0.720. The molecule has 1 aromatic carbocycles. The van der Waals surface area contributed by atoms with E-state index in [-0.39, 0.29) is 17.1 Å². The number of hydrogen-bond donors (Lipinski definition) is 3. The van der Waals surface area contributed by atoms with Gasteiger partial charge in [0.25, 0.3) is 0 Å². The summed E-state index contributed by atoms with van der Waals surface area (Å²) in [4.78, 5) is 11.2. The normalized spacial score (nSPS) is 12.9. The monoisotopic (exact) mass is 328 g/mol. The predicted molar refractivity (Wildman–Crippen MR) is 68.4 cm³/mol. The van der Waals surface area contributed by atoms with Crippen molar-refractivity contribution >= 4 is 17.6 Å². The van der Waals surface area contributed by atoms with Gasteiger partial charge in [0.05, 0.1) is 17.5 Å². The van der Waals surface area contributed by atoms with Crippen LogP contribution in [0.4, 0.5) is 22.4 Å². The molecule has 1 aromatic rings. The second-order valence-corrected chi connectivity index (χ2v) is 4.60. The summed E-state index contributed by atoms with van der Waals surface area (Å²) in [6.45, 7) is -0.847. The number of carbonyl (C=O) groups excluding carboxylic acids is 1. The maximum absolute atomic E-state index is 13.2. The van der Waals surface area contributed by atoms with E-state index in [4.69, 9.17) is 11.6 Å². The van der Waals surface area contributed by atoms with E-state index in [1.54, 1.807) is 0 Å². The number of aliphatic hydroxyl groups is 1. The lowest BCUT2D eigenvalue weighted by Gasteiger charge is -2.13. The third kappa shape index (κ3) is 6.63. The van der Waals surface area contributed by atoms with Crippen LogP contribution < -0.4 is 10.6 Å². The van der Waals surface area contributed by atoms with Gasteiger partial charge in [-0.05, 0) is 17.7 Å². The van der Waals surface area contributed by atoms with Crippen molar-refractivity contribution in [3.63, 3.8) is 0 Å². The topological polar surface area (TPSA) is 61.4 Å². The fourth-order valence-electron chi connectivity index (χ4n) is 1.41. The van der Waals surface area contributed by atoms with Crippen LogP contribution in [0.2, 0.25) is 5.02 Å².